The number of hydrogen-bond acceptors (Lipinski definition) is 4. The molecule has 1 aliphatic carbocycles. The first-order valence-corrected chi connectivity index (χ1v) is 9.03. The Morgan fingerprint density at radius 3 is 2.91 bits per heavy atom. The van der Waals surface area contributed by atoms with Gasteiger partial charge in [0.25, 0.3) is 0 Å². The van der Waals surface area contributed by atoms with Gasteiger partial charge >= 0.3 is 0 Å². The van der Waals surface area contributed by atoms with E-state index in [2.05, 4.69) is 10.3 Å². The van der Waals surface area contributed by atoms with Crippen molar-refractivity contribution in [2.45, 2.75) is 25.7 Å². The number of thiazole rings is 1. The molecule has 1 saturated carbocycles. The average Bonchev–Trinajstić information content (AvgIpc) is 3.29. The first-order valence-electron chi connectivity index (χ1n) is 8.15. The van der Waals surface area contributed by atoms with Gasteiger partial charge in [-0.1, -0.05) is 30.3 Å². The highest BCUT2D eigenvalue weighted by Gasteiger charge is 2.20. The molecule has 2 aromatic rings. The summed E-state index contributed by atoms with van der Waals surface area (Å²) in [5.41, 5.74) is 1.92. The van der Waals surface area contributed by atoms with Gasteiger partial charge in [0.15, 0.2) is 0 Å². The number of carbonyl (C=O) groups is 1. The Hall–Kier alpha value is -1.72. The van der Waals surface area contributed by atoms with Crippen LogP contribution in [0, 0.1) is 5.92 Å². The third-order valence-electron chi connectivity index (χ3n) is 3.75. The van der Waals surface area contributed by atoms with E-state index in [4.69, 9.17) is 4.74 Å². The topological polar surface area (TPSA) is 51.2 Å². The highest BCUT2D eigenvalue weighted by molar-refractivity contribution is 7.13. The van der Waals surface area contributed by atoms with Crippen molar-refractivity contribution < 1.29 is 9.53 Å². The molecule has 5 heteroatoms. The molecule has 23 heavy (non-hydrogen) atoms. The summed E-state index contributed by atoms with van der Waals surface area (Å²) in [7, 11) is 0. The Labute approximate surface area is 140 Å². The molecule has 0 bridgehead atoms. The number of rotatable bonds is 9. The van der Waals surface area contributed by atoms with Gasteiger partial charge in [0.1, 0.15) is 5.01 Å². The lowest BCUT2D eigenvalue weighted by Crippen LogP contribution is -2.27. The number of nitrogens with zero attached hydrogens (tertiary/aromatic N) is 1. The van der Waals surface area contributed by atoms with Gasteiger partial charge in [0.05, 0.1) is 12.1 Å². The molecule has 0 unspecified atom stereocenters. The van der Waals surface area contributed by atoms with Gasteiger partial charge in [-0.2, -0.15) is 0 Å². The molecule has 1 N–H and O–H groups in total. The average molecular weight is 330 g/mol. The van der Waals surface area contributed by atoms with Crippen LogP contribution < -0.4 is 5.32 Å². The lowest BCUT2D eigenvalue weighted by atomic mass is 10.2. The Balaban J connectivity index is 1.35. The third kappa shape index (κ3) is 5.44. The van der Waals surface area contributed by atoms with E-state index in [1.165, 1.54) is 12.8 Å². The number of hydrogen-bond donors (Lipinski definition) is 1. The van der Waals surface area contributed by atoms with E-state index in [1.807, 2.05) is 35.7 Å². The molecule has 0 radical (unpaired) electrons. The zero-order valence-corrected chi connectivity index (χ0v) is 14.0. The lowest BCUT2D eigenvalue weighted by Gasteiger charge is -2.05. The molecule has 3 rings (SSSR count). The highest BCUT2D eigenvalue weighted by atomic mass is 32.1. The lowest BCUT2D eigenvalue weighted by molar-refractivity contribution is -0.120. The molecule has 0 aliphatic heterocycles. The fraction of sp³-hybridized carbons (Fsp3) is 0.444. The minimum atomic E-state index is 0.0251. The molecule has 1 heterocycles. The number of carbonyl (C=O) groups excluding carboxylic acids is 1. The molecule has 1 aromatic heterocycles. The van der Waals surface area contributed by atoms with Crippen LogP contribution >= 0.6 is 11.3 Å². The SMILES string of the molecule is O=C(Cc1csc(-c2ccccc2)n1)NCCCOCC1CC1. The molecule has 0 spiro atoms. The fourth-order valence-electron chi connectivity index (χ4n) is 2.27. The van der Waals surface area contributed by atoms with E-state index in [-0.39, 0.29) is 5.91 Å². The largest absolute Gasteiger partial charge is 0.381 e. The Morgan fingerprint density at radius 1 is 1.30 bits per heavy atom. The van der Waals surface area contributed by atoms with E-state index in [0.29, 0.717) is 13.0 Å². The van der Waals surface area contributed by atoms with Gasteiger partial charge in [-0.3, -0.25) is 4.79 Å². The van der Waals surface area contributed by atoms with E-state index in [9.17, 15) is 4.79 Å². The van der Waals surface area contributed by atoms with Crippen LogP contribution in [0.1, 0.15) is 25.0 Å². The van der Waals surface area contributed by atoms with Crippen LogP contribution in [0.4, 0.5) is 0 Å². The predicted molar refractivity (Wildman–Crippen MR) is 92.4 cm³/mol. The van der Waals surface area contributed by atoms with Crippen molar-refractivity contribution in [3.05, 3.63) is 41.4 Å². The molecular formula is C18H22N2O2S. The maximum absolute atomic E-state index is 11.9. The Morgan fingerprint density at radius 2 is 2.13 bits per heavy atom. The molecular weight excluding hydrogens is 308 g/mol. The quantitative estimate of drug-likeness (QED) is 0.718. The molecule has 1 amide bonds. The van der Waals surface area contributed by atoms with Crippen molar-refractivity contribution in [3.8, 4) is 10.6 Å². The molecule has 0 atom stereocenters. The van der Waals surface area contributed by atoms with Gasteiger partial charge in [-0.25, -0.2) is 4.98 Å². The predicted octanol–water partition coefficient (Wildman–Crippen LogP) is 3.29. The summed E-state index contributed by atoms with van der Waals surface area (Å²) in [6, 6.07) is 10.0. The molecule has 0 saturated heterocycles. The van der Waals surface area contributed by atoms with Gasteiger partial charge in [0, 0.05) is 30.7 Å². The Bertz CT molecular complexity index is 623. The maximum atomic E-state index is 11.9. The summed E-state index contributed by atoms with van der Waals surface area (Å²) < 4.78 is 5.55. The highest BCUT2D eigenvalue weighted by Crippen LogP contribution is 2.28. The third-order valence-corrected chi connectivity index (χ3v) is 4.69. The van der Waals surface area contributed by atoms with Crippen molar-refractivity contribution in [3.63, 3.8) is 0 Å². The molecule has 1 aliphatic rings. The van der Waals surface area contributed by atoms with Gasteiger partial charge in [-0.05, 0) is 25.2 Å². The Kier molecular flexibility index (Phi) is 5.77. The second kappa shape index (κ2) is 8.22. The van der Waals surface area contributed by atoms with Crippen molar-refractivity contribution in [2.75, 3.05) is 19.8 Å². The number of benzene rings is 1. The zero-order valence-electron chi connectivity index (χ0n) is 13.2. The molecule has 122 valence electrons. The zero-order chi connectivity index (χ0) is 15.9. The van der Waals surface area contributed by atoms with Crippen LogP contribution in [-0.2, 0) is 16.0 Å². The van der Waals surface area contributed by atoms with Crippen LogP contribution in [0.25, 0.3) is 10.6 Å². The van der Waals surface area contributed by atoms with Crippen molar-refractivity contribution in [1.29, 1.82) is 0 Å². The standard InChI is InChI=1S/C18H22N2O2S/c21-17(19-9-4-10-22-12-14-7-8-14)11-16-13-23-18(20-16)15-5-2-1-3-6-15/h1-3,5-6,13-14H,4,7-12H2,(H,19,21). The molecule has 1 fully saturated rings. The van der Waals surface area contributed by atoms with Crippen LogP contribution in [-0.4, -0.2) is 30.6 Å². The number of amides is 1. The van der Waals surface area contributed by atoms with Crippen molar-refractivity contribution in [2.24, 2.45) is 5.92 Å². The second-order valence-corrected chi connectivity index (χ2v) is 6.77. The van der Waals surface area contributed by atoms with Gasteiger partial charge in [0.2, 0.25) is 5.91 Å². The minimum absolute atomic E-state index is 0.0251. The normalized spacial score (nSPS) is 13.9. The first-order chi connectivity index (χ1) is 11.3. The summed E-state index contributed by atoms with van der Waals surface area (Å²) in [6.45, 7) is 2.28. The monoisotopic (exact) mass is 330 g/mol. The van der Waals surface area contributed by atoms with Gasteiger partial charge in [-0.15, -0.1) is 11.3 Å². The summed E-state index contributed by atoms with van der Waals surface area (Å²) in [6.07, 6.45) is 3.84. The summed E-state index contributed by atoms with van der Waals surface area (Å²) in [4.78, 5) is 16.5. The maximum Gasteiger partial charge on any atom is 0.226 e. The van der Waals surface area contributed by atoms with E-state index < -0.39 is 0 Å². The van der Waals surface area contributed by atoms with Crippen LogP contribution in [0.2, 0.25) is 0 Å². The first kappa shape index (κ1) is 16.1. The summed E-state index contributed by atoms with van der Waals surface area (Å²) in [5.74, 6) is 0.824. The van der Waals surface area contributed by atoms with Crippen molar-refractivity contribution in [1.82, 2.24) is 10.3 Å². The van der Waals surface area contributed by atoms with Crippen molar-refractivity contribution >= 4 is 17.2 Å². The number of ether oxygens (including phenoxy) is 1. The smallest absolute Gasteiger partial charge is 0.226 e. The molecule has 1 aromatic carbocycles. The second-order valence-electron chi connectivity index (χ2n) is 5.91. The minimum Gasteiger partial charge on any atom is -0.381 e. The van der Waals surface area contributed by atoms with E-state index >= 15 is 0 Å². The van der Waals surface area contributed by atoms with E-state index in [1.54, 1.807) is 11.3 Å². The van der Waals surface area contributed by atoms with E-state index in [0.717, 1.165) is 41.8 Å². The number of aromatic nitrogens is 1. The number of nitrogens with one attached hydrogen (secondary N) is 1. The fourth-order valence-corrected chi connectivity index (χ4v) is 3.09. The summed E-state index contributed by atoms with van der Waals surface area (Å²) >= 11 is 1.58. The summed E-state index contributed by atoms with van der Waals surface area (Å²) in [5, 5.41) is 5.85. The van der Waals surface area contributed by atoms with Gasteiger partial charge < -0.3 is 10.1 Å². The molecule has 4 nitrogen and oxygen atoms in total. The van der Waals surface area contributed by atoms with Crippen LogP contribution in [0.3, 0.4) is 0 Å². The van der Waals surface area contributed by atoms with Crippen LogP contribution in [0.5, 0.6) is 0 Å². The van der Waals surface area contributed by atoms with Crippen LogP contribution in [0.15, 0.2) is 35.7 Å².